The second kappa shape index (κ2) is 9.61. The lowest BCUT2D eigenvalue weighted by Gasteiger charge is -2.26. The van der Waals surface area contributed by atoms with Gasteiger partial charge in [0.25, 0.3) is 5.91 Å². The Morgan fingerprint density at radius 3 is 2.71 bits per heavy atom. The number of hydrogen-bond acceptors (Lipinski definition) is 6. The smallest absolute Gasteiger partial charge is 0.270 e. The summed E-state index contributed by atoms with van der Waals surface area (Å²) in [4.78, 5) is 23.6. The Balaban J connectivity index is 1.65. The van der Waals surface area contributed by atoms with Crippen LogP contribution in [0.2, 0.25) is 0 Å². The lowest BCUT2D eigenvalue weighted by molar-refractivity contribution is 0.0383. The molecule has 0 aliphatic carbocycles. The van der Waals surface area contributed by atoms with Crippen LogP contribution in [0.25, 0.3) is 0 Å². The molecule has 150 valence electrons. The zero-order valence-corrected chi connectivity index (χ0v) is 16.9. The first kappa shape index (κ1) is 20.2. The van der Waals surface area contributed by atoms with E-state index >= 15 is 0 Å². The van der Waals surface area contributed by atoms with Gasteiger partial charge in [-0.25, -0.2) is 9.97 Å². The highest BCUT2D eigenvalue weighted by Gasteiger charge is 2.14. The first-order valence-corrected chi connectivity index (χ1v) is 9.83. The molecule has 0 radical (unpaired) electrons. The SMILES string of the molecule is Cc1nc(Nc2ccccc2C(C)C)cc(C(=O)NCCN2CCOCC2)n1. The van der Waals surface area contributed by atoms with Crippen molar-refractivity contribution in [1.29, 1.82) is 0 Å². The highest BCUT2D eigenvalue weighted by Crippen LogP contribution is 2.26. The second-order valence-corrected chi connectivity index (χ2v) is 7.26. The van der Waals surface area contributed by atoms with Gasteiger partial charge in [-0.05, 0) is 24.5 Å². The average molecular weight is 383 g/mol. The molecule has 0 atom stereocenters. The minimum absolute atomic E-state index is 0.182. The van der Waals surface area contributed by atoms with E-state index in [9.17, 15) is 4.79 Å². The van der Waals surface area contributed by atoms with Crippen molar-refractivity contribution in [2.75, 3.05) is 44.7 Å². The fourth-order valence-corrected chi connectivity index (χ4v) is 3.24. The molecule has 7 heteroatoms. The lowest BCUT2D eigenvalue weighted by atomic mass is 10.0. The normalized spacial score (nSPS) is 14.9. The van der Waals surface area contributed by atoms with Crippen LogP contribution in [0.1, 0.15) is 41.6 Å². The van der Waals surface area contributed by atoms with Gasteiger partial charge in [0, 0.05) is 37.9 Å². The van der Waals surface area contributed by atoms with Gasteiger partial charge < -0.3 is 15.4 Å². The molecule has 0 unspecified atom stereocenters. The average Bonchev–Trinajstić information content (AvgIpc) is 2.68. The molecule has 1 aliphatic rings. The number of nitrogens with zero attached hydrogens (tertiary/aromatic N) is 3. The summed E-state index contributed by atoms with van der Waals surface area (Å²) in [5, 5.41) is 6.30. The summed E-state index contributed by atoms with van der Waals surface area (Å²) < 4.78 is 5.34. The maximum Gasteiger partial charge on any atom is 0.270 e. The number of ether oxygens (including phenoxy) is 1. The number of hydrogen-bond donors (Lipinski definition) is 2. The van der Waals surface area contributed by atoms with Gasteiger partial charge in [-0.3, -0.25) is 9.69 Å². The van der Waals surface area contributed by atoms with E-state index in [1.807, 2.05) is 18.2 Å². The predicted molar refractivity (Wildman–Crippen MR) is 110 cm³/mol. The standard InChI is InChI=1S/C21H29N5O2/c1-15(2)17-6-4-5-7-18(17)25-20-14-19(23-16(3)24-20)21(27)22-8-9-26-10-12-28-13-11-26/h4-7,14-15H,8-13H2,1-3H3,(H,22,27)(H,23,24,25). The molecule has 0 saturated carbocycles. The highest BCUT2D eigenvalue weighted by atomic mass is 16.5. The van der Waals surface area contributed by atoms with Gasteiger partial charge in [-0.2, -0.15) is 0 Å². The molecule has 2 N–H and O–H groups in total. The summed E-state index contributed by atoms with van der Waals surface area (Å²) in [7, 11) is 0. The maximum absolute atomic E-state index is 12.5. The molecule has 2 heterocycles. The number of benzene rings is 1. The van der Waals surface area contributed by atoms with Crippen LogP contribution in [-0.4, -0.2) is 60.2 Å². The van der Waals surface area contributed by atoms with Crippen LogP contribution in [0.15, 0.2) is 30.3 Å². The Morgan fingerprint density at radius 2 is 1.96 bits per heavy atom. The number of rotatable bonds is 7. The third-order valence-corrected chi connectivity index (χ3v) is 4.73. The number of para-hydroxylation sites is 1. The van der Waals surface area contributed by atoms with Gasteiger partial charge in [-0.1, -0.05) is 32.0 Å². The van der Waals surface area contributed by atoms with Crippen LogP contribution < -0.4 is 10.6 Å². The molecule has 2 aromatic rings. The number of carbonyl (C=O) groups excluding carboxylic acids is 1. The lowest BCUT2D eigenvalue weighted by Crippen LogP contribution is -2.41. The van der Waals surface area contributed by atoms with Gasteiger partial charge >= 0.3 is 0 Å². The molecule has 7 nitrogen and oxygen atoms in total. The van der Waals surface area contributed by atoms with E-state index in [4.69, 9.17) is 4.74 Å². The maximum atomic E-state index is 12.5. The second-order valence-electron chi connectivity index (χ2n) is 7.26. The molecule has 28 heavy (non-hydrogen) atoms. The molecule has 1 aromatic heterocycles. The van der Waals surface area contributed by atoms with Crippen molar-refractivity contribution in [3.63, 3.8) is 0 Å². The van der Waals surface area contributed by atoms with Crippen LogP contribution in [0, 0.1) is 6.92 Å². The van der Waals surface area contributed by atoms with Gasteiger partial charge in [0.15, 0.2) is 0 Å². The number of amides is 1. The minimum atomic E-state index is -0.182. The van der Waals surface area contributed by atoms with Gasteiger partial charge in [0.05, 0.1) is 13.2 Å². The van der Waals surface area contributed by atoms with E-state index < -0.39 is 0 Å². The molecule has 0 bridgehead atoms. The van der Waals surface area contributed by atoms with Crippen LogP contribution in [0.3, 0.4) is 0 Å². The largest absolute Gasteiger partial charge is 0.379 e. The summed E-state index contributed by atoms with van der Waals surface area (Å²) in [6, 6.07) is 9.84. The van der Waals surface area contributed by atoms with Crippen molar-refractivity contribution in [2.24, 2.45) is 0 Å². The van der Waals surface area contributed by atoms with E-state index in [0.29, 0.717) is 29.8 Å². The fourth-order valence-electron chi connectivity index (χ4n) is 3.24. The first-order valence-electron chi connectivity index (χ1n) is 9.83. The Morgan fingerprint density at radius 1 is 1.21 bits per heavy atom. The summed E-state index contributed by atoms with van der Waals surface area (Å²) in [6.45, 7) is 10.8. The molecule has 1 saturated heterocycles. The monoisotopic (exact) mass is 383 g/mol. The van der Waals surface area contributed by atoms with Gasteiger partial charge in [0.1, 0.15) is 17.3 Å². The summed E-state index contributed by atoms with van der Waals surface area (Å²) in [6.07, 6.45) is 0. The summed E-state index contributed by atoms with van der Waals surface area (Å²) in [5.74, 6) is 1.39. The van der Waals surface area contributed by atoms with Crippen molar-refractivity contribution in [1.82, 2.24) is 20.2 Å². The van der Waals surface area contributed by atoms with Gasteiger partial charge in [-0.15, -0.1) is 0 Å². The summed E-state index contributed by atoms with van der Waals surface area (Å²) >= 11 is 0. The molecule has 1 aromatic carbocycles. The molecular weight excluding hydrogens is 354 g/mol. The quantitative estimate of drug-likeness (QED) is 0.765. The molecule has 1 aliphatic heterocycles. The van der Waals surface area contributed by atoms with Crippen LogP contribution >= 0.6 is 0 Å². The van der Waals surface area contributed by atoms with Crippen molar-refractivity contribution in [2.45, 2.75) is 26.7 Å². The Kier molecular flexibility index (Phi) is 6.95. The van der Waals surface area contributed by atoms with E-state index in [-0.39, 0.29) is 5.91 Å². The zero-order valence-electron chi connectivity index (χ0n) is 16.9. The predicted octanol–water partition coefficient (Wildman–Crippen LogP) is 2.71. The van der Waals surface area contributed by atoms with Crippen molar-refractivity contribution < 1.29 is 9.53 Å². The van der Waals surface area contributed by atoms with E-state index in [1.54, 1.807) is 13.0 Å². The van der Waals surface area contributed by atoms with Crippen LogP contribution in [-0.2, 0) is 4.74 Å². The van der Waals surface area contributed by atoms with E-state index in [1.165, 1.54) is 5.56 Å². The number of anilines is 2. The molecular formula is C21H29N5O2. The molecule has 0 spiro atoms. The minimum Gasteiger partial charge on any atom is -0.379 e. The third-order valence-electron chi connectivity index (χ3n) is 4.73. The Labute approximate surface area is 166 Å². The van der Waals surface area contributed by atoms with Crippen molar-refractivity contribution >= 4 is 17.4 Å². The molecule has 3 rings (SSSR count). The Hall–Kier alpha value is -2.51. The molecule has 1 fully saturated rings. The number of aromatic nitrogens is 2. The Bertz CT molecular complexity index is 803. The number of carbonyl (C=O) groups is 1. The van der Waals surface area contributed by atoms with Crippen molar-refractivity contribution in [3.8, 4) is 0 Å². The first-order chi connectivity index (χ1) is 13.5. The third kappa shape index (κ3) is 5.50. The highest BCUT2D eigenvalue weighted by molar-refractivity contribution is 5.93. The zero-order chi connectivity index (χ0) is 19.9. The topological polar surface area (TPSA) is 79.4 Å². The summed E-state index contributed by atoms with van der Waals surface area (Å²) in [5.41, 5.74) is 2.57. The van der Waals surface area contributed by atoms with Crippen LogP contribution in [0.5, 0.6) is 0 Å². The number of aryl methyl sites for hydroxylation is 1. The van der Waals surface area contributed by atoms with E-state index in [2.05, 4.69) is 45.4 Å². The fraction of sp³-hybridized carbons (Fsp3) is 0.476. The van der Waals surface area contributed by atoms with Crippen LogP contribution in [0.4, 0.5) is 11.5 Å². The van der Waals surface area contributed by atoms with Gasteiger partial charge in [0.2, 0.25) is 0 Å². The van der Waals surface area contributed by atoms with Crippen molar-refractivity contribution in [3.05, 3.63) is 47.4 Å². The number of nitrogens with one attached hydrogen (secondary N) is 2. The number of morpholine rings is 1. The van der Waals surface area contributed by atoms with E-state index in [0.717, 1.165) is 38.5 Å². The molecule has 1 amide bonds.